The first kappa shape index (κ1) is 16.6. The Hall–Kier alpha value is -1.30. The van der Waals surface area contributed by atoms with Crippen molar-refractivity contribution in [1.29, 1.82) is 0 Å². The first-order valence-corrected chi connectivity index (χ1v) is 8.60. The lowest BCUT2D eigenvalue weighted by molar-refractivity contribution is -0.142. The maximum atomic E-state index is 12.3. The lowest BCUT2D eigenvalue weighted by atomic mass is 10.1. The fourth-order valence-corrected chi connectivity index (χ4v) is 3.92. The number of methoxy groups -OCH3 is 1. The number of esters is 1. The van der Waals surface area contributed by atoms with Crippen LogP contribution >= 0.6 is 0 Å². The number of amides is 1. The molecule has 6 nitrogen and oxygen atoms in total. The molecule has 1 aliphatic carbocycles. The fourth-order valence-electron chi connectivity index (χ4n) is 3.92. The number of fused-ring (bicyclic) bond motifs is 2. The summed E-state index contributed by atoms with van der Waals surface area (Å²) >= 11 is 0. The van der Waals surface area contributed by atoms with Gasteiger partial charge in [0.2, 0.25) is 0 Å². The van der Waals surface area contributed by atoms with Gasteiger partial charge >= 0.3 is 12.1 Å². The molecule has 23 heavy (non-hydrogen) atoms. The average molecular weight is 324 g/mol. The zero-order valence-corrected chi connectivity index (χ0v) is 14.6. The molecule has 3 aliphatic rings. The van der Waals surface area contributed by atoms with Crippen LogP contribution in [-0.2, 0) is 14.3 Å². The minimum Gasteiger partial charge on any atom is -0.469 e. The van der Waals surface area contributed by atoms with Crippen LogP contribution in [0.2, 0.25) is 0 Å². The van der Waals surface area contributed by atoms with Gasteiger partial charge in [-0.2, -0.15) is 0 Å². The Morgan fingerprint density at radius 3 is 2.26 bits per heavy atom. The number of nitrogens with zero attached hydrogens (tertiary/aromatic N) is 2. The predicted octanol–water partition coefficient (Wildman–Crippen LogP) is 1.88. The Balaban J connectivity index is 1.54. The van der Waals surface area contributed by atoms with Crippen LogP contribution in [0.4, 0.5) is 4.79 Å². The zero-order chi connectivity index (χ0) is 16.8. The number of likely N-dealkylation sites (tertiary alicyclic amines) is 1. The highest BCUT2D eigenvalue weighted by atomic mass is 16.6. The van der Waals surface area contributed by atoms with Gasteiger partial charge in [-0.1, -0.05) is 0 Å². The van der Waals surface area contributed by atoms with Crippen LogP contribution in [0, 0.1) is 11.8 Å². The van der Waals surface area contributed by atoms with Gasteiger partial charge in [0.15, 0.2) is 0 Å². The molecular weight excluding hydrogens is 296 g/mol. The van der Waals surface area contributed by atoms with Gasteiger partial charge in [-0.3, -0.25) is 9.69 Å². The quantitative estimate of drug-likeness (QED) is 0.742. The third-order valence-electron chi connectivity index (χ3n) is 5.16. The third-order valence-corrected chi connectivity index (χ3v) is 5.16. The van der Waals surface area contributed by atoms with E-state index < -0.39 is 5.60 Å². The summed E-state index contributed by atoms with van der Waals surface area (Å²) in [6.45, 7) is 8.13. The molecule has 0 aromatic carbocycles. The summed E-state index contributed by atoms with van der Waals surface area (Å²) in [7, 11) is 1.46. The van der Waals surface area contributed by atoms with E-state index in [9.17, 15) is 9.59 Å². The second-order valence-electron chi connectivity index (χ2n) is 8.09. The molecule has 0 radical (unpaired) electrons. The standard InChI is InChI=1S/C17H28N2O4/c1-17(2,3)23-16(21)18-9-12-5-6-13(10-18)19(12)8-11-7-14(11)15(20)22-4/h11-14H,5-10H2,1-4H3/t11-,12?,13?,14+/m1/s1. The maximum Gasteiger partial charge on any atom is 0.410 e. The summed E-state index contributed by atoms with van der Waals surface area (Å²) in [5.74, 6) is 0.441. The summed E-state index contributed by atoms with van der Waals surface area (Å²) in [6, 6.07) is 0.806. The average Bonchev–Trinajstić information content (AvgIpc) is 3.18. The molecule has 0 aromatic rings. The molecule has 2 heterocycles. The topological polar surface area (TPSA) is 59.1 Å². The SMILES string of the molecule is COC(=O)[C@H]1C[C@@H]1CN1C2CCC1CN(C(=O)OC(C)(C)C)C2. The largest absolute Gasteiger partial charge is 0.469 e. The van der Waals surface area contributed by atoms with Crippen LogP contribution in [0.15, 0.2) is 0 Å². The molecule has 6 heteroatoms. The lowest BCUT2D eigenvalue weighted by Gasteiger charge is -2.41. The molecule has 0 N–H and O–H groups in total. The van der Waals surface area contributed by atoms with E-state index in [0.717, 1.165) is 38.9 Å². The predicted molar refractivity (Wildman–Crippen MR) is 84.9 cm³/mol. The smallest absolute Gasteiger partial charge is 0.410 e. The van der Waals surface area contributed by atoms with Crippen molar-refractivity contribution in [2.75, 3.05) is 26.7 Å². The van der Waals surface area contributed by atoms with Crippen molar-refractivity contribution in [2.45, 2.75) is 57.7 Å². The third kappa shape index (κ3) is 3.62. The number of rotatable bonds is 3. The molecule has 4 atom stereocenters. The molecule has 3 fully saturated rings. The normalized spacial score (nSPS) is 33.5. The molecule has 1 saturated carbocycles. The van der Waals surface area contributed by atoms with Crippen LogP contribution < -0.4 is 0 Å². The molecule has 2 unspecified atom stereocenters. The highest BCUT2D eigenvalue weighted by Crippen LogP contribution is 2.43. The molecule has 3 rings (SSSR count). The monoisotopic (exact) mass is 324 g/mol. The van der Waals surface area contributed by atoms with E-state index in [1.807, 2.05) is 25.7 Å². The molecule has 1 amide bonds. The van der Waals surface area contributed by atoms with Crippen LogP contribution in [0.25, 0.3) is 0 Å². The zero-order valence-electron chi connectivity index (χ0n) is 14.6. The van der Waals surface area contributed by atoms with Crippen molar-refractivity contribution in [3.63, 3.8) is 0 Å². The fraction of sp³-hybridized carbons (Fsp3) is 0.882. The summed E-state index contributed by atoms with van der Waals surface area (Å²) < 4.78 is 10.3. The minimum absolute atomic E-state index is 0.0743. The summed E-state index contributed by atoms with van der Waals surface area (Å²) in [5, 5.41) is 0. The Morgan fingerprint density at radius 2 is 1.74 bits per heavy atom. The van der Waals surface area contributed by atoms with Crippen molar-refractivity contribution in [3.8, 4) is 0 Å². The summed E-state index contributed by atoms with van der Waals surface area (Å²) in [4.78, 5) is 28.2. The summed E-state index contributed by atoms with van der Waals surface area (Å²) in [5.41, 5.74) is -0.449. The van der Waals surface area contributed by atoms with E-state index in [0.29, 0.717) is 18.0 Å². The number of carbonyl (C=O) groups excluding carboxylic acids is 2. The lowest BCUT2D eigenvalue weighted by Crippen LogP contribution is -2.56. The first-order chi connectivity index (χ1) is 10.8. The number of carbonyl (C=O) groups is 2. The van der Waals surface area contributed by atoms with Gasteiger partial charge in [0, 0.05) is 31.7 Å². The Kier molecular flexibility index (Phi) is 4.29. The second-order valence-corrected chi connectivity index (χ2v) is 8.09. The Bertz CT molecular complexity index is 473. The van der Waals surface area contributed by atoms with E-state index in [1.165, 1.54) is 7.11 Å². The van der Waals surface area contributed by atoms with Crippen molar-refractivity contribution in [1.82, 2.24) is 9.80 Å². The highest BCUT2D eigenvalue weighted by Gasteiger charge is 2.49. The van der Waals surface area contributed by atoms with Gasteiger partial charge in [0.25, 0.3) is 0 Å². The van der Waals surface area contributed by atoms with Crippen LogP contribution in [0.5, 0.6) is 0 Å². The maximum absolute atomic E-state index is 12.3. The van der Waals surface area contributed by atoms with E-state index >= 15 is 0 Å². The number of hydrogen-bond acceptors (Lipinski definition) is 5. The summed E-state index contributed by atoms with van der Waals surface area (Å²) in [6.07, 6.45) is 2.99. The van der Waals surface area contributed by atoms with Gasteiger partial charge in [-0.25, -0.2) is 4.79 Å². The molecule has 2 saturated heterocycles. The van der Waals surface area contributed by atoms with Crippen LogP contribution in [0.1, 0.15) is 40.0 Å². The molecular formula is C17H28N2O4. The molecule has 0 spiro atoms. The Morgan fingerprint density at radius 1 is 1.13 bits per heavy atom. The van der Waals surface area contributed by atoms with Crippen molar-refractivity contribution in [2.24, 2.45) is 11.8 Å². The highest BCUT2D eigenvalue weighted by molar-refractivity contribution is 5.75. The van der Waals surface area contributed by atoms with Crippen LogP contribution in [-0.4, -0.2) is 66.3 Å². The van der Waals surface area contributed by atoms with Crippen molar-refractivity contribution < 1.29 is 19.1 Å². The van der Waals surface area contributed by atoms with Gasteiger partial charge in [-0.15, -0.1) is 0 Å². The van der Waals surface area contributed by atoms with Crippen molar-refractivity contribution >= 4 is 12.1 Å². The molecule has 2 aliphatic heterocycles. The van der Waals surface area contributed by atoms with Gasteiger partial charge in [-0.05, 0) is 46.0 Å². The first-order valence-electron chi connectivity index (χ1n) is 8.60. The molecule has 0 aromatic heterocycles. The number of ether oxygens (including phenoxy) is 2. The van der Waals surface area contributed by atoms with Gasteiger partial charge in [0.1, 0.15) is 5.60 Å². The number of piperazine rings is 1. The minimum atomic E-state index is -0.449. The van der Waals surface area contributed by atoms with Gasteiger partial charge in [0.05, 0.1) is 13.0 Å². The Labute approximate surface area is 138 Å². The number of hydrogen-bond donors (Lipinski definition) is 0. The van der Waals surface area contributed by atoms with Gasteiger partial charge < -0.3 is 14.4 Å². The van der Waals surface area contributed by atoms with E-state index in [4.69, 9.17) is 9.47 Å². The molecule has 2 bridgehead atoms. The van der Waals surface area contributed by atoms with E-state index in [1.54, 1.807) is 0 Å². The van der Waals surface area contributed by atoms with Crippen LogP contribution in [0.3, 0.4) is 0 Å². The second kappa shape index (κ2) is 5.96. The van der Waals surface area contributed by atoms with Crippen molar-refractivity contribution in [3.05, 3.63) is 0 Å². The van der Waals surface area contributed by atoms with E-state index in [-0.39, 0.29) is 18.0 Å². The van der Waals surface area contributed by atoms with E-state index in [2.05, 4.69) is 4.90 Å². The molecule has 130 valence electrons.